The van der Waals surface area contributed by atoms with E-state index in [1.54, 1.807) is 17.8 Å². The predicted octanol–water partition coefficient (Wildman–Crippen LogP) is 2.68. The zero-order chi connectivity index (χ0) is 10.7. The molecule has 1 aromatic carbocycles. The van der Waals surface area contributed by atoms with Crippen LogP contribution < -0.4 is 5.73 Å². The molecule has 0 amide bonds. The first-order valence-electron chi connectivity index (χ1n) is 5.04. The maximum Gasteiger partial charge on any atom is 0.126 e. The summed E-state index contributed by atoms with van der Waals surface area (Å²) in [7, 11) is 0. The Kier molecular flexibility index (Phi) is 3.49. The van der Waals surface area contributed by atoms with E-state index in [-0.39, 0.29) is 5.82 Å². The SMILES string of the molecule is Nc1cc(F)cc(SCC2CCCO2)c1. The molecule has 0 bridgehead atoms. The molecule has 2 rings (SSSR count). The van der Waals surface area contributed by atoms with Crippen LogP contribution in [0.5, 0.6) is 0 Å². The molecule has 0 saturated carbocycles. The van der Waals surface area contributed by atoms with Crippen LogP contribution in [0.2, 0.25) is 0 Å². The minimum atomic E-state index is -0.273. The highest BCUT2D eigenvalue weighted by Gasteiger charge is 2.15. The third kappa shape index (κ3) is 3.11. The number of ether oxygens (including phenoxy) is 1. The summed E-state index contributed by atoms with van der Waals surface area (Å²) in [4.78, 5) is 0.878. The summed E-state index contributed by atoms with van der Waals surface area (Å²) in [5.74, 6) is 0.605. The number of nitrogens with two attached hydrogens (primary N) is 1. The Bertz CT molecular complexity index is 319. The van der Waals surface area contributed by atoms with Crippen molar-refractivity contribution < 1.29 is 9.13 Å². The highest BCUT2D eigenvalue weighted by Crippen LogP contribution is 2.25. The smallest absolute Gasteiger partial charge is 0.126 e. The van der Waals surface area contributed by atoms with Crippen molar-refractivity contribution in [3.63, 3.8) is 0 Å². The van der Waals surface area contributed by atoms with E-state index in [2.05, 4.69) is 0 Å². The molecule has 1 aromatic rings. The first kappa shape index (κ1) is 10.8. The lowest BCUT2D eigenvalue weighted by Gasteiger charge is -2.08. The highest BCUT2D eigenvalue weighted by atomic mass is 32.2. The normalized spacial score (nSPS) is 20.7. The van der Waals surface area contributed by atoms with Gasteiger partial charge in [0.15, 0.2) is 0 Å². The molecule has 1 heterocycles. The van der Waals surface area contributed by atoms with Crippen LogP contribution in [-0.4, -0.2) is 18.5 Å². The van der Waals surface area contributed by atoms with Crippen LogP contribution in [0.1, 0.15) is 12.8 Å². The molecule has 1 aliphatic heterocycles. The van der Waals surface area contributed by atoms with Crippen LogP contribution in [-0.2, 0) is 4.74 Å². The zero-order valence-corrected chi connectivity index (χ0v) is 9.23. The zero-order valence-electron chi connectivity index (χ0n) is 8.41. The molecule has 1 saturated heterocycles. The van der Waals surface area contributed by atoms with Gasteiger partial charge in [-0.3, -0.25) is 0 Å². The minimum absolute atomic E-state index is 0.273. The molecule has 2 nitrogen and oxygen atoms in total. The van der Waals surface area contributed by atoms with Crippen molar-refractivity contribution in [3.8, 4) is 0 Å². The van der Waals surface area contributed by atoms with Crippen LogP contribution in [0.4, 0.5) is 10.1 Å². The number of anilines is 1. The van der Waals surface area contributed by atoms with Crippen LogP contribution in [0.25, 0.3) is 0 Å². The lowest BCUT2D eigenvalue weighted by molar-refractivity contribution is 0.129. The second-order valence-electron chi connectivity index (χ2n) is 3.67. The van der Waals surface area contributed by atoms with Gasteiger partial charge < -0.3 is 10.5 Å². The van der Waals surface area contributed by atoms with E-state index in [9.17, 15) is 4.39 Å². The number of nitrogen functional groups attached to an aromatic ring is 1. The Labute approximate surface area is 93.0 Å². The van der Waals surface area contributed by atoms with E-state index in [0.717, 1.165) is 30.1 Å². The lowest BCUT2D eigenvalue weighted by atomic mass is 10.3. The van der Waals surface area contributed by atoms with E-state index in [1.165, 1.54) is 12.1 Å². The monoisotopic (exact) mass is 227 g/mol. The maximum absolute atomic E-state index is 13.0. The second-order valence-corrected chi connectivity index (χ2v) is 4.76. The molecule has 0 aromatic heterocycles. The van der Waals surface area contributed by atoms with Crippen LogP contribution >= 0.6 is 11.8 Å². The third-order valence-corrected chi connectivity index (χ3v) is 3.46. The minimum Gasteiger partial charge on any atom is -0.399 e. The average Bonchev–Trinajstić information content (AvgIpc) is 2.65. The molecule has 15 heavy (non-hydrogen) atoms. The largest absolute Gasteiger partial charge is 0.399 e. The predicted molar refractivity (Wildman–Crippen MR) is 60.5 cm³/mol. The molecule has 82 valence electrons. The van der Waals surface area contributed by atoms with Gasteiger partial charge in [-0.25, -0.2) is 4.39 Å². The number of hydrogen-bond acceptors (Lipinski definition) is 3. The Morgan fingerprint density at radius 1 is 1.47 bits per heavy atom. The summed E-state index contributed by atoms with van der Waals surface area (Å²) in [5.41, 5.74) is 6.04. The average molecular weight is 227 g/mol. The fraction of sp³-hybridized carbons (Fsp3) is 0.455. The van der Waals surface area contributed by atoms with E-state index in [4.69, 9.17) is 10.5 Å². The van der Waals surface area contributed by atoms with Gasteiger partial charge in [0.25, 0.3) is 0 Å². The molecule has 1 unspecified atom stereocenters. The Morgan fingerprint density at radius 3 is 3.00 bits per heavy atom. The molecule has 1 fully saturated rings. The van der Waals surface area contributed by atoms with Gasteiger partial charge in [-0.2, -0.15) is 0 Å². The van der Waals surface area contributed by atoms with Gasteiger partial charge in [0, 0.05) is 22.9 Å². The summed E-state index contributed by atoms with van der Waals surface area (Å²) in [6.07, 6.45) is 2.56. The van der Waals surface area contributed by atoms with Crippen molar-refractivity contribution in [3.05, 3.63) is 24.0 Å². The summed E-state index contributed by atoms with van der Waals surface area (Å²) in [6.45, 7) is 0.858. The number of halogens is 1. The standard InChI is InChI=1S/C11H14FNOS/c12-8-4-9(13)6-11(5-8)15-7-10-2-1-3-14-10/h4-6,10H,1-3,7,13H2. The van der Waals surface area contributed by atoms with Gasteiger partial charge in [0.1, 0.15) is 5.82 Å². The van der Waals surface area contributed by atoms with Crippen molar-refractivity contribution in [2.75, 3.05) is 18.1 Å². The highest BCUT2D eigenvalue weighted by molar-refractivity contribution is 7.99. The molecule has 0 radical (unpaired) electrons. The van der Waals surface area contributed by atoms with E-state index in [1.807, 2.05) is 0 Å². The van der Waals surface area contributed by atoms with Crippen molar-refractivity contribution in [2.24, 2.45) is 0 Å². The maximum atomic E-state index is 13.0. The fourth-order valence-corrected chi connectivity index (χ4v) is 2.69. The quantitative estimate of drug-likeness (QED) is 0.637. The van der Waals surface area contributed by atoms with Crippen molar-refractivity contribution in [2.45, 2.75) is 23.8 Å². The van der Waals surface area contributed by atoms with Gasteiger partial charge >= 0.3 is 0 Å². The Balaban J connectivity index is 1.92. The summed E-state index contributed by atoms with van der Waals surface area (Å²) in [5, 5.41) is 0. The number of benzene rings is 1. The Hall–Kier alpha value is -0.740. The van der Waals surface area contributed by atoms with Gasteiger partial charge in [-0.05, 0) is 31.0 Å². The third-order valence-electron chi connectivity index (χ3n) is 2.35. The molecule has 1 atom stereocenters. The summed E-state index contributed by atoms with van der Waals surface area (Å²) < 4.78 is 18.5. The summed E-state index contributed by atoms with van der Waals surface area (Å²) >= 11 is 1.60. The molecule has 2 N–H and O–H groups in total. The molecular formula is C11H14FNOS. The molecule has 0 aliphatic carbocycles. The Morgan fingerprint density at radius 2 is 2.33 bits per heavy atom. The van der Waals surface area contributed by atoms with Crippen LogP contribution in [0, 0.1) is 5.82 Å². The summed E-state index contributed by atoms with van der Waals surface area (Å²) in [6, 6.07) is 4.63. The fourth-order valence-electron chi connectivity index (χ4n) is 1.63. The van der Waals surface area contributed by atoms with E-state index in [0.29, 0.717) is 11.8 Å². The van der Waals surface area contributed by atoms with Gasteiger partial charge in [0.2, 0.25) is 0 Å². The molecule has 4 heteroatoms. The number of hydrogen-bond donors (Lipinski definition) is 1. The molecule has 0 spiro atoms. The first-order valence-corrected chi connectivity index (χ1v) is 6.03. The van der Waals surface area contributed by atoms with Crippen LogP contribution in [0.3, 0.4) is 0 Å². The van der Waals surface area contributed by atoms with Gasteiger partial charge in [-0.1, -0.05) is 0 Å². The van der Waals surface area contributed by atoms with Crippen molar-refractivity contribution in [1.29, 1.82) is 0 Å². The van der Waals surface area contributed by atoms with Gasteiger partial charge in [-0.15, -0.1) is 11.8 Å². The van der Waals surface area contributed by atoms with Crippen LogP contribution in [0.15, 0.2) is 23.1 Å². The number of thioether (sulfide) groups is 1. The van der Waals surface area contributed by atoms with E-state index < -0.39 is 0 Å². The van der Waals surface area contributed by atoms with Crippen molar-refractivity contribution in [1.82, 2.24) is 0 Å². The number of rotatable bonds is 3. The van der Waals surface area contributed by atoms with Gasteiger partial charge in [0.05, 0.1) is 6.10 Å². The van der Waals surface area contributed by atoms with E-state index >= 15 is 0 Å². The topological polar surface area (TPSA) is 35.2 Å². The molecular weight excluding hydrogens is 213 g/mol. The molecule has 1 aliphatic rings. The second kappa shape index (κ2) is 4.86. The lowest BCUT2D eigenvalue weighted by Crippen LogP contribution is -2.07. The van der Waals surface area contributed by atoms with Crippen molar-refractivity contribution >= 4 is 17.4 Å². The first-order chi connectivity index (χ1) is 7.24.